The van der Waals surface area contributed by atoms with Crippen molar-refractivity contribution in [3.63, 3.8) is 0 Å². The van der Waals surface area contributed by atoms with E-state index in [2.05, 4.69) is 5.32 Å². The lowest BCUT2D eigenvalue weighted by atomic mass is 10.1. The maximum absolute atomic E-state index is 10.8. The van der Waals surface area contributed by atoms with Gasteiger partial charge in [-0.1, -0.05) is 0 Å². The second-order valence-corrected chi connectivity index (χ2v) is 6.45. The van der Waals surface area contributed by atoms with Gasteiger partial charge in [0.25, 0.3) is 0 Å². The van der Waals surface area contributed by atoms with E-state index in [4.69, 9.17) is 19.3 Å². The monoisotopic (exact) mass is 316 g/mol. The van der Waals surface area contributed by atoms with Crippen LogP contribution in [0.25, 0.3) is 0 Å². The predicted molar refractivity (Wildman–Crippen MR) is 78.3 cm³/mol. The molecule has 3 N–H and O–H groups in total. The summed E-state index contributed by atoms with van der Waals surface area (Å²) < 4.78 is 38.0. The highest BCUT2D eigenvalue weighted by Gasteiger charge is 2.18. The fourth-order valence-electron chi connectivity index (χ4n) is 2.06. The van der Waals surface area contributed by atoms with Gasteiger partial charge in [-0.15, -0.1) is 0 Å². The minimum Gasteiger partial charge on any atom is -0.493 e. The van der Waals surface area contributed by atoms with Gasteiger partial charge in [0.15, 0.2) is 11.5 Å². The molecule has 0 fully saturated rings. The molecule has 1 aliphatic heterocycles. The number of primary sulfonamides is 1. The Hall–Kier alpha value is -1.51. The van der Waals surface area contributed by atoms with Gasteiger partial charge in [0.2, 0.25) is 15.8 Å². The Kier molecular flexibility index (Phi) is 5.27. The maximum atomic E-state index is 10.8. The van der Waals surface area contributed by atoms with Gasteiger partial charge in [0, 0.05) is 6.54 Å². The summed E-state index contributed by atoms with van der Waals surface area (Å²) in [6.07, 6.45) is 0.473. The molecule has 0 amide bonds. The predicted octanol–water partition coefficient (Wildman–Crippen LogP) is 0.235. The molecule has 0 unspecified atom stereocenters. The van der Waals surface area contributed by atoms with E-state index < -0.39 is 10.0 Å². The second-order valence-electron chi connectivity index (χ2n) is 4.72. The molecule has 1 aromatic carbocycles. The Bertz CT molecular complexity index is 571. The number of benzene rings is 1. The number of nitrogens with two attached hydrogens (primary N) is 1. The second kappa shape index (κ2) is 6.97. The minimum atomic E-state index is -3.39. The van der Waals surface area contributed by atoms with Crippen molar-refractivity contribution < 1.29 is 22.6 Å². The largest absolute Gasteiger partial charge is 0.493 e. The van der Waals surface area contributed by atoms with Gasteiger partial charge in [0.05, 0.1) is 12.9 Å². The molecule has 2 rings (SSSR count). The summed E-state index contributed by atoms with van der Waals surface area (Å²) in [5.41, 5.74) is 0.978. The average Bonchev–Trinajstić information content (AvgIpc) is 2.44. The van der Waals surface area contributed by atoms with Crippen LogP contribution in [0.15, 0.2) is 12.1 Å². The Morgan fingerprint density at radius 2 is 2.10 bits per heavy atom. The molecule has 21 heavy (non-hydrogen) atoms. The lowest BCUT2D eigenvalue weighted by Gasteiger charge is -2.21. The van der Waals surface area contributed by atoms with Gasteiger partial charge >= 0.3 is 0 Å². The molecule has 0 radical (unpaired) electrons. The van der Waals surface area contributed by atoms with Crippen molar-refractivity contribution in [2.75, 3.05) is 32.6 Å². The molecule has 7 nitrogen and oxygen atoms in total. The van der Waals surface area contributed by atoms with Crippen molar-refractivity contribution in [2.45, 2.75) is 13.0 Å². The topological polar surface area (TPSA) is 99.9 Å². The summed E-state index contributed by atoms with van der Waals surface area (Å²) in [5.74, 6) is 1.90. The molecule has 0 saturated heterocycles. The third-order valence-corrected chi connectivity index (χ3v) is 3.86. The highest BCUT2D eigenvalue weighted by Crippen LogP contribution is 2.40. The highest BCUT2D eigenvalue weighted by molar-refractivity contribution is 7.89. The molecular formula is C13H20N2O5S. The minimum absolute atomic E-state index is 0.0234. The van der Waals surface area contributed by atoms with E-state index in [9.17, 15) is 8.42 Å². The SMILES string of the molecule is COc1cc(CNCCCS(N)(=O)=O)cc2c1OCCO2. The van der Waals surface area contributed by atoms with Crippen LogP contribution in [0.2, 0.25) is 0 Å². The first-order valence-corrected chi connectivity index (χ1v) is 8.39. The van der Waals surface area contributed by atoms with Gasteiger partial charge in [-0.2, -0.15) is 0 Å². The fourth-order valence-corrected chi connectivity index (χ4v) is 2.61. The lowest BCUT2D eigenvalue weighted by molar-refractivity contribution is 0.165. The number of nitrogens with one attached hydrogen (secondary N) is 1. The third kappa shape index (κ3) is 4.76. The summed E-state index contributed by atoms with van der Waals surface area (Å²) in [5, 5.41) is 8.10. The van der Waals surface area contributed by atoms with E-state index in [0.717, 1.165) is 5.56 Å². The standard InChI is InChI=1S/C13H20N2O5S/c1-18-11-7-10(8-12-13(11)20-5-4-19-12)9-15-3-2-6-21(14,16)17/h7-8,15H,2-6,9H2,1H3,(H2,14,16,17). The zero-order valence-corrected chi connectivity index (χ0v) is 12.7. The molecule has 0 spiro atoms. The van der Waals surface area contributed by atoms with Crippen LogP contribution in [-0.2, 0) is 16.6 Å². The third-order valence-electron chi connectivity index (χ3n) is 3.00. The van der Waals surface area contributed by atoms with Crippen LogP contribution in [0.5, 0.6) is 17.2 Å². The molecule has 0 aromatic heterocycles. The first-order valence-electron chi connectivity index (χ1n) is 6.67. The van der Waals surface area contributed by atoms with Crippen LogP contribution in [0.4, 0.5) is 0 Å². The Balaban J connectivity index is 1.91. The van der Waals surface area contributed by atoms with Crippen LogP contribution in [-0.4, -0.2) is 41.0 Å². The molecule has 118 valence electrons. The van der Waals surface area contributed by atoms with Crippen LogP contribution < -0.4 is 24.7 Å². The van der Waals surface area contributed by atoms with Crippen LogP contribution >= 0.6 is 0 Å². The first-order chi connectivity index (χ1) is 9.99. The van der Waals surface area contributed by atoms with Crippen molar-refractivity contribution >= 4 is 10.0 Å². The first kappa shape index (κ1) is 15.9. The quantitative estimate of drug-likeness (QED) is 0.699. The van der Waals surface area contributed by atoms with E-state index in [1.807, 2.05) is 12.1 Å². The summed E-state index contributed by atoms with van der Waals surface area (Å²) in [4.78, 5) is 0. The van der Waals surface area contributed by atoms with E-state index >= 15 is 0 Å². The molecule has 1 aliphatic rings. The number of ether oxygens (including phenoxy) is 3. The zero-order valence-electron chi connectivity index (χ0n) is 11.9. The fraction of sp³-hybridized carbons (Fsp3) is 0.538. The average molecular weight is 316 g/mol. The summed E-state index contributed by atoms with van der Waals surface area (Å²) in [7, 11) is -1.81. The van der Waals surface area contributed by atoms with E-state index in [1.54, 1.807) is 7.11 Å². The van der Waals surface area contributed by atoms with Gasteiger partial charge in [0.1, 0.15) is 13.2 Å². The van der Waals surface area contributed by atoms with Crippen molar-refractivity contribution in [1.29, 1.82) is 0 Å². The smallest absolute Gasteiger partial charge is 0.209 e. The van der Waals surface area contributed by atoms with E-state index in [-0.39, 0.29) is 5.75 Å². The van der Waals surface area contributed by atoms with Gasteiger partial charge in [-0.25, -0.2) is 13.6 Å². The molecule has 0 bridgehead atoms. The Morgan fingerprint density at radius 1 is 1.33 bits per heavy atom. The summed E-state index contributed by atoms with van der Waals surface area (Å²) in [6, 6.07) is 3.77. The lowest BCUT2D eigenvalue weighted by Crippen LogP contribution is -2.22. The Labute approximate surface area is 124 Å². The summed E-state index contributed by atoms with van der Waals surface area (Å²) >= 11 is 0. The highest BCUT2D eigenvalue weighted by atomic mass is 32.2. The maximum Gasteiger partial charge on any atom is 0.209 e. The van der Waals surface area contributed by atoms with Crippen molar-refractivity contribution in [3.05, 3.63) is 17.7 Å². The molecule has 1 heterocycles. The van der Waals surface area contributed by atoms with Crippen LogP contribution in [0, 0.1) is 0 Å². The molecular weight excluding hydrogens is 296 g/mol. The molecule has 1 aromatic rings. The van der Waals surface area contributed by atoms with Crippen molar-refractivity contribution in [3.8, 4) is 17.2 Å². The number of methoxy groups -OCH3 is 1. The van der Waals surface area contributed by atoms with E-state index in [1.165, 1.54) is 0 Å². The number of fused-ring (bicyclic) bond motifs is 1. The van der Waals surface area contributed by atoms with Crippen LogP contribution in [0.3, 0.4) is 0 Å². The number of hydrogen-bond acceptors (Lipinski definition) is 6. The molecule has 0 saturated carbocycles. The van der Waals surface area contributed by atoms with Crippen LogP contribution in [0.1, 0.15) is 12.0 Å². The number of hydrogen-bond donors (Lipinski definition) is 2. The summed E-state index contributed by atoms with van der Waals surface area (Å²) in [6.45, 7) is 2.17. The van der Waals surface area contributed by atoms with Crippen molar-refractivity contribution in [2.24, 2.45) is 5.14 Å². The van der Waals surface area contributed by atoms with E-state index in [0.29, 0.717) is 50.0 Å². The zero-order chi connectivity index (χ0) is 15.3. The van der Waals surface area contributed by atoms with Crippen molar-refractivity contribution in [1.82, 2.24) is 5.32 Å². The van der Waals surface area contributed by atoms with Gasteiger partial charge in [-0.05, 0) is 30.7 Å². The van der Waals surface area contributed by atoms with Gasteiger partial charge < -0.3 is 19.5 Å². The molecule has 0 atom stereocenters. The normalized spacial score (nSPS) is 14.0. The molecule has 0 aliphatic carbocycles. The van der Waals surface area contributed by atoms with Gasteiger partial charge in [-0.3, -0.25) is 0 Å². The number of sulfonamides is 1. The molecule has 8 heteroatoms. The Morgan fingerprint density at radius 3 is 2.81 bits per heavy atom. The number of rotatable bonds is 7.